The average molecular weight is 300 g/mol. The number of aromatic nitrogens is 1. The Morgan fingerprint density at radius 3 is 2.86 bits per heavy atom. The lowest BCUT2D eigenvalue weighted by molar-refractivity contribution is -0.117. The van der Waals surface area contributed by atoms with Crippen LogP contribution in [0.15, 0.2) is 42.6 Å². The molecule has 1 fully saturated rings. The lowest BCUT2D eigenvalue weighted by Gasteiger charge is -2.09. The van der Waals surface area contributed by atoms with Crippen molar-refractivity contribution in [1.29, 1.82) is 0 Å². The molecule has 2 aromatic rings. The number of hydrogen-bond donors (Lipinski definition) is 1. The van der Waals surface area contributed by atoms with Gasteiger partial charge < -0.3 is 10.1 Å². The summed E-state index contributed by atoms with van der Waals surface area (Å²) in [5, 5.41) is 2.73. The zero-order valence-electron chi connectivity index (χ0n) is 12.3. The van der Waals surface area contributed by atoms with Gasteiger partial charge in [0, 0.05) is 23.9 Å². The molecular formula is C17H17FN2O2. The fourth-order valence-corrected chi connectivity index (χ4v) is 2.25. The van der Waals surface area contributed by atoms with Crippen LogP contribution in [0.5, 0.6) is 5.75 Å². The SMILES string of the molecule is C[C@@H]1C[C@H]1C(=O)Nc1ccc(OCc2ccccn2)c(F)c1. The molecule has 0 aliphatic heterocycles. The average Bonchev–Trinajstić information content (AvgIpc) is 3.25. The summed E-state index contributed by atoms with van der Waals surface area (Å²) in [5.74, 6) is 0.0732. The van der Waals surface area contributed by atoms with Crippen LogP contribution in [0, 0.1) is 17.7 Å². The first kappa shape index (κ1) is 14.5. The van der Waals surface area contributed by atoms with Crippen molar-refractivity contribution in [2.45, 2.75) is 20.0 Å². The van der Waals surface area contributed by atoms with E-state index in [2.05, 4.69) is 10.3 Å². The number of nitrogens with zero attached hydrogens (tertiary/aromatic N) is 1. The predicted molar refractivity (Wildman–Crippen MR) is 80.9 cm³/mol. The molecule has 1 heterocycles. The van der Waals surface area contributed by atoms with Crippen LogP contribution in [-0.4, -0.2) is 10.9 Å². The van der Waals surface area contributed by atoms with Crippen LogP contribution in [0.25, 0.3) is 0 Å². The summed E-state index contributed by atoms with van der Waals surface area (Å²) in [5.41, 5.74) is 1.17. The Hall–Kier alpha value is -2.43. The second-order valence-electron chi connectivity index (χ2n) is 5.56. The van der Waals surface area contributed by atoms with E-state index in [1.807, 2.05) is 25.1 Å². The van der Waals surface area contributed by atoms with Gasteiger partial charge in [-0.2, -0.15) is 0 Å². The third-order valence-electron chi connectivity index (χ3n) is 3.75. The molecule has 0 unspecified atom stereocenters. The highest BCUT2D eigenvalue weighted by molar-refractivity contribution is 5.94. The molecule has 0 bridgehead atoms. The second-order valence-corrected chi connectivity index (χ2v) is 5.56. The van der Waals surface area contributed by atoms with E-state index in [4.69, 9.17) is 4.74 Å². The molecule has 114 valence electrons. The molecule has 4 nitrogen and oxygen atoms in total. The van der Waals surface area contributed by atoms with Gasteiger partial charge in [-0.3, -0.25) is 9.78 Å². The van der Waals surface area contributed by atoms with Crippen LogP contribution in [-0.2, 0) is 11.4 Å². The van der Waals surface area contributed by atoms with Crippen LogP contribution in [0.3, 0.4) is 0 Å². The van der Waals surface area contributed by atoms with Gasteiger partial charge in [0.25, 0.3) is 0 Å². The number of ether oxygens (including phenoxy) is 1. The molecule has 1 aliphatic carbocycles. The first-order chi connectivity index (χ1) is 10.6. The van der Waals surface area contributed by atoms with Gasteiger partial charge in [0.05, 0.1) is 5.69 Å². The van der Waals surface area contributed by atoms with Crippen LogP contribution in [0.1, 0.15) is 19.0 Å². The van der Waals surface area contributed by atoms with Crippen molar-refractivity contribution in [1.82, 2.24) is 4.98 Å². The Labute approximate surface area is 128 Å². The molecule has 1 amide bonds. The van der Waals surface area contributed by atoms with E-state index in [0.29, 0.717) is 11.6 Å². The minimum Gasteiger partial charge on any atom is -0.484 e. The quantitative estimate of drug-likeness (QED) is 0.920. The van der Waals surface area contributed by atoms with Crippen molar-refractivity contribution >= 4 is 11.6 Å². The fourth-order valence-electron chi connectivity index (χ4n) is 2.25. The number of benzene rings is 1. The summed E-state index contributed by atoms with van der Waals surface area (Å²) in [7, 11) is 0. The molecule has 5 heteroatoms. The number of anilines is 1. The Morgan fingerprint density at radius 1 is 1.41 bits per heavy atom. The third kappa shape index (κ3) is 3.42. The van der Waals surface area contributed by atoms with Gasteiger partial charge in [0.15, 0.2) is 11.6 Å². The van der Waals surface area contributed by atoms with Crippen LogP contribution in [0.2, 0.25) is 0 Å². The summed E-state index contributed by atoms with van der Waals surface area (Å²) < 4.78 is 19.4. The summed E-state index contributed by atoms with van der Waals surface area (Å²) in [6.07, 6.45) is 2.56. The lowest BCUT2D eigenvalue weighted by atomic mass is 10.2. The minimum atomic E-state index is -0.502. The van der Waals surface area contributed by atoms with E-state index >= 15 is 0 Å². The Morgan fingerprint density at radius 2 is 2.23 bits per heavy atom. The van der Waals surface area contributed by atoms with Crippen molar-refractivity contribution in [3.63, 3.8) is 0 Å². The van der Waals surface area contributed by atoms with Gasteiger partial charge in [-0.15, -0.1) is 0 Å². The molecule has 0 radical (unpaired) electrons. The molecular weight excluding hydrogens is 283 g/mol. The fraction of sp³-hybridized carbons (Fsp3) is 0.294. The van der Waals surface area contributed by atoms with E-state index in [9.17, 15) is 9.18 Å². The van der Waals surface area contributed by atoms with E-state index in [-0.39, 0.29) is 24.2 Å². The van der Waals surface area contributed by atoms with E-state index in [1.54, 1.807) is 12.3 Å². The lowest BCUT2D eigenvalue weighted by Crippen LogP contribution is -2.14. The van der Waals surface area contributed by atoms with Gasteiger partial charge in [0.1, 0.15) is 6.61 Å². The molecule has 0 saturated heterocycles. The van der Waals surface area contributed by atoms with Gasteiger partial charge in [0.2, 0.25) is 5.91 Å². The minimum absolute atomic E-state index is 0.0472. The number of nitrogens with one attached hydrogen (secondary N) is 1. The van der Waals surface area contributed by atoms with Crippen LogP contribution >= 0.6 is 0 Å². The van der Waals surface area contributed by atoms with E-state index < -0.39 is 5.82 Å². The molecule has 3 rings (SSSR count). The molecule has 1 N–H and O–H groups in total. The number of hydrogen-bond acceptors (Lipinski definition) is 3. The highest BCUT2D eigenvalue weighted by Crippen LogP contribution is 2.38. The van der Waals surface area contributed by atoms with Crippen LogP contribution < -0.4 is 10.1 Å². The van der Waals surface area contributed by atoms with E-state index in [0.717, 1.165) is 12.1 Å². The number of carbonyl (C=O) groups is 1. The normalized spacial score (nSPS) is 19.5. The Bertz CT molecular complexity index is 676. The topological polar surface area (TPSA) is 51.2 Å². The van der Waals surface area contributed by atoms with Crippen molar-refractivity contribution in [3.8, 4) is 5.75 Å². The number of halogens is 1. The maximum Gasteiger partial charge on any atom is 0.227 e. The van der Waals surface area contributed by atoms with Gasteiger partial charge in [-0.1, -0.05) is 13.0 Å². The standard InChI is InChI=1S/C17H17FN2O2/c1-11-8-14(11)17(21)20-12-5-6-16(15(18)9-12)22-10-13-4-2-3-7-19-13/h2-7,9,11,14H,8,10H2,1H3,(H,20,21)/t11-,14-/m1/s1. The Balaban J connectivity index is 1.61. The summed E-state index contributed by atoms with van der Waals surface area (Å²) >= 11 is 0. The largest absolute Gasteiger partial charge is 0.484 e. The van der Waals surface area contributed by atoms with Crippen molar-refractivity contribution in [2.75, 3.05) is 5.32 Å². The highest BCUT2D eigenvalue weighted by Gasteiger charge is 2.39. The van der Waals surface area contributed by atoms with Gasteiger partial charge in [-0.05, 0) is 36.6 Å². The molecule has 22 heavy (non-hydrogen) atoms. The van der Waals surface area contributed by atoms with Crippen molar-refractivity contribution in [2.24, 2.45) is 11.8 Å². The number of amides is 1. The Kier molecular flexibility index (Phi) is 4.04. The maximum absolute atomic E-state index is 14.0. The van der Waals surface area contributed by atoms with E-state index in [1.165, 1.54) is 12.1 Å². The zero-order chi connectivity index (χ0) is 15.5. The predicted octanol–water partition coefficient (Wildman–Crippen LogP) is 3.39. The summed E-state index contributed by atoms with van der Waals surface area (Å²) in [4.78, 5) is 15.9. The molecule has 0 spiro atoms. The maximum atomic E-state index is 14.0. The van der Waals surface area contributed by atoms with Gasteiger partial charge in [-0.25, -0.2) is 4.39 Å². The summed E-state index contributed by atoms with van der Waals surface area (Å²) in [6, 6.07) is 9.90. The van der Waals surface area contributed by atoms with Crippen molar-refractivity contribution in [3.05, 3.63) is 54.1 Å². The number of pyridine rings is 1. The first-order valence-corrected chi connectivity index (χ1v) is 7.26. The van der Waals surface area contributed by atoms with Gasteiger partial charge >= 0.3 is 0 Å². The number of rotatable bonds is 5. The molecule has 1 aromatic carbocycles. The van der Waals surface area contributed by atoms with Crippen LogP contribution in [0.4, 0.5) is 10.1 Å². The molecule has 1 aliphatic rings. The molecule has 1 saturated carbocycles. The highest BCUT2D eigenvalue weighted by atomic mass is 19.1. The smallest absolute Gasteiger partial charge is 0.227 e. The summed E-state index contributed by atoms with van der Waals surface area (Å²) in [6.45, 7) is 2.22. The monoisotopic (exact) mass is 300 g/mol. The van der Waals surface area contributed by atoms with Crippen molar-refractivity contribution < 1.29 is 13.9 Å². The third-order valence-corrected chi connectivity index (χ3v) is 3.75. The number of carbonyl (C=O) groups excluding carboxylic acids is 1. The first-order valence-electron chi connectivity index (χ1n) is 7.26. The molecule has 1 aromatic heterocycles. The second kappa shape index (κ2) is 6.13. The molecule has 2 atom stereocenters. The zero-order valence-corrected chi connectivity index (χ0v) is 12.3.